The van der Waals surface area contributed by atoms with Crippen molar-refractivity contribution < 1.29 is 9.72 Å². The topological polar surface area (TPSA) is 96.9 Å². The van der Waals surface area contributed by atoms with E-state index < -0.39 is 4.92 Å². The number of aryl methyl sites for hydroxylation is 1. The van der Waals surface area contributed by atoms with Gasteiger partial charge in [-0.05, 0) is 25.1 Å². The van der Waals surface area contributed by atoms with E-state index in [0.717, 1.165) is 22.6 Å². The molecule has 0 radical (unpaired) electrons. The second kappa shape index (κ2) is 8.34. The molecule has 0 aliphatic carbocycles. The van der Waals surface area contributed by atoms with E-state index >= 15 is 0 Å². The summed E-state index contributed by atoms with van der Waals surface area (Å²) in [5.41, 5.74) is 4.68. The van der Waals surface area contributed by atoms with Crippen LogP contribution in [0.4, 0.5) is 11.4 Å². The van der Waals surface area contributed by atoms with Gasteiger partial charge in [-0.25, -0.2) is 9.50 Å². The van der Waals surface area contributed by atoms with Gasteiger partial charge in [0.2, 0.25) is 0 Å². The molecule has 5 rings (SSSR count). The highest BCUT2D eigenvalue weighted by molar-refractivity contribution is 5.93. The number of piperazine rings is 1. The summed E-state index contributed by atoms with van der Waals surface area (Å²) < 4.78 is 1.76. The van der Waals surface area contributed by atoms with Crippen molar-refractivity contribution in [3.05, 3.63) is 88.2 Å². The van der Waals surface area contributed by atoms with Crippen molar-refractivity contribution in [3.8, 4) is 11.3 Å². The summed E-state index contributed by atoms with van der Waals surface area (Å²) in [6.07, 6.45) is 0. The summed E-state index contributed by atoms with van der Waals surface area (Å²) in [7, 11) is 0. The number of carbonyl (C=O) groups excluding carboxylic acids is 1. The normalized spacial score (nSPS) is 14.0. The molecule has 1 saturated heterocycles. The zero-order chi connectivity index (χ0) is 22.9. The first kappa shape index (κ1) is 20.6. The molecule has 0 saturated carbocycles. The van der Waals surface area contributed by atoms with E-state index in [2.05, 4.69) is 15.0 Å². The molecule has 1 fully saturated rings. The molecule has 166 valence electrons. The number of hydrogen-bond donors (Lipinski definition) is 0. The van der Waals surface area contributed by atoms with Crippen LogP contribution in [0.5, 0.6) is 0 Å². The number of nitrogens with zero attached hydrogens (tertiary/aromatic N) is 6. The van der Waals surface area contributed by atoms with E-state index in [1.807, 2.05) is 43.3 Å². The van der Waals surface area contributed by atoms with Gasteiger partial charge < -0.3 is 9.80 Å². The number of aromatic nitrogens is 3. The van der Waals surface area contributed by atoms with Gasteiger partial charge in [0.25, 0.3) is 11.6 Å². The number of hydrogen-bond acceptors (Lipinski definition) is 6. The number of amides is 1. The van der Waals surface area contributed by atoms with Crippen LogP contribution in [0.3, 0.4) is 0 Å². The molecule has 1 aliphatic rings. The summed E-state index contributed by atoms with van der Waals surface area (Å²) in [5.74, 6) is -0.105. The molecule has 33 heavy (non-hydrogen) atoms. The van der Waals surface area contributed by atoms with Gasteiger partial charge in [-0.15, -0.1) is 0 Å². The third kappa shape index (κ3) is 4.00. The van der Waals surface area contributed by atoms with Crippen molar-refractivity contribution in [3.63, 3.8) is 0 Å². The number of carbonyl (C=O) groups is 1. The number of nitro benzene ring substituents is 1. The Morgan fingerprint density at radius 2 is 1.67 bits per heavy atom. The van der Waals surface area contributed by atoms with Crippen LogP contribution < -0.4 is 4.90 Å². The lowest BCUT2D eigenvalue weighted by Crippen LogP contribution is -2.49. The van der Waals surface area contributed by atoms with E-state index in [0.29, 0.717) is 37.5 Å². The van der Waals surface area contributed by atoms with Crippen LogP contribution in [-0.2, 0) is 0 Å². The molecule has 0 unspecified atom stereocenters. The highest BCUT2D eigenvalue weighted by atomic mass is 16.6. The minimum absolute atomic E-state index is 0.0692. The standard InChI is InChI=1S/C24H22N6O3/c1-17-15-22(25-23-16-21(26-29(17)23)18-5-3-2-4-6-18)24(31)28-13-11-27(12-14-28)19-7-9-20(10-8-19)30(32)33/h2-10,15-16H,11-14H2,1H3. The van der Waals surface area contributed by atoms with Crippen molar-refractivity contribution >= 4 is 22.9 Å². The van der Waals surface area contributed by atoms with E-state index in [9.17, 15) is 14.9 Å². The first-order chi connectivity index (χ1) is 16.0. The molecule has 3 heterocycles. The van der Waals surface area contributed by atoms with Crippen molar-refractivity contribution in [1.29, 1.82) is 0 Å². The number of rotatable bonds is 4. The lowest BCUT2D eigenvalue weighted by Gasteiger charge is -2.36. The third-order valence-corrected chi connectivity index (χ3v) is 5.89. The maximum Gasteiger partial charge on any atom is 0.272 e. The fourth-order valence-electron chi connectivity index (χ4n) is 4.10. The Bertz CT molecular complexity index is 1330. The average Bonchev–Trinajstić information content (AvgIpc) is 3.29. The molecular formula is C24H22N6O3. The molecule has 0 N–H and O–H groups in total. The molecule has 0 spiro atoms. The number of non-ortho nitro benzene ring substituents is 1. The lowest BCUT2D eigenvalue weighted by molar-refractivity contribution is -0.384. The largest absolute Gasteiger partial charge is 0.368 e. The monoisotopic (exact) mass is 442 g/mol. The van der Waals surface area contributed by atoms with Crippen molar-refractivity contribution in [1.82, 2.24) is 19.5 Å². The number of nitro groups is 1. The summed E-state index contributed by atoms with van der Waals surface area (Å²) in [4.78, 5) is 32.1. The summed E-state index contributed by atoms with van der Waals surface area (Å²) in [6, 6.07) is 20.0. The van der Waals surface area contributed by atoms with Crippen LogP contribution in [0.2, 0.25) is 0 Å². The molecule has 0 atom stereocenters. The molecule has 9 nitrogen and oxygen atoms in total. The molecule has 1 aliphatic heterocycles. The Kier molecular flexibility index (Phi) is 5.21. The van der Waals surface area contributed by atoms with Crippen LogP contribution in [-0.4, -0.2) is 56.5 Å². The summed E-state index contributed by atoms with van der Waals surface area (Å²) in [5, 5.41) is 15.5. The minimum atomic E-state index is -0.407. The van der Waals surface area contributed by atoms with E-state index in [4.69, 9.17) is 0 Å². The molecule has 2 aromatic carbocycles. The Balaban J connectivity index is 1.31. The summed E-state index contributed by atoms with van der Waals surface area (Å²) in [6.45, 7) is 4.32. The van der Waals surface area contributed by atoms with Gasteiger partial charge in [0.1, 0.15) is 5.69 Å². The van der Waals surface area contributed by atoms with Gasteiger partial charge in [-0.2, -0.15) is 5.10 Å². The lowest BCUT2D eigenvalue weighted by atomic mass is 10.2. The van der Waals surface area contributed by atoms with Gasteiger partial charge in [-0.3, -0.25) is 14.9 Å². The van der Waals surface area contributed by atoms with Gasteiger partial charge in [0.15, 0.2) is 5.65 Å². The summed E-state index contributed by atoms with van der Waals surface area (Å²) >= 11 is 0. The fraction of sp³-hybridized carbons (Fsp3) is 0.208. The SMILES string of the molecule is Cc1cc(C(=O)N2CCN(c3ccc([N+](=O)[O-])cc3)CC2)nc2cc(-c3ccccc3)nn12. The maximum absolute atomic E-state index is 13.2. The molecule has 0 bridgehead atoms. The molecule has 4 aromatic rings. The molecular weight excluding hydrogens is 420 g/mol. The second-order valence-corrected chi connectivity index (χ2v) is 8.00. The zero-order valence-electron chi connectivity index (χ0n) is 18.1. The van der Waals surface area contributed by atoms with Crippen LogP contribution in [0.15, 0.2) is 66.7 Å². The van der Waals surface area contributed by atoms with Crippen molar-refractivity contribution in [2.45, 2.75) is 6.92 Å². The van der Waals surface area contributed by atoms with Crippen molar-refractivity contribution in [2.75, 3.05) is 31.1 Å². The van der Waals surface area contributed by atoms with Gasteiger partial charge in [0, 0.05) is 61.3 Å². The Hall–Kier alpha value is -4.27. The molecule has 9 heteroatoms. The maximum atomic E-state index is 13.2. The number of anilines is 1. The smallest absolute Gasteiger partial charge is 0.272 e. The third-order valence-electron chi connectivity index (χ3n) is 5.89. The Morgan fingerprint density at radius 3 is 2.33 bits per heavy atom. The second-order valence-electron chi connectivity index (χ2n) is 8.00. The average molecular weight is 442 g/mol. The van der Waals surface area contributed by atoms with Gasteiger partial charge >= 0.3 is 0 Å². The Labute approximate surface area is 190 Å². The van der Waals surface area contributed by atoms with Crippen LogP contribution in [0.25, 0.3) is 16.9 Å². The zero-order valence-corrected chi connectivity index (χ0v) is 18.1. The van der Waals surface area contributed by atoms with Crippen LogP contribution >= 0.6 is 0 Å². The van der Waals surface area contributed by atoms with Crippen molar-refractivity contribution in [2.24, 2.45) is 0 Å². The van der Waals surface area contributed by atoms with Crippen LogP contribution in [0.1, 0.15) is 16.2 Å². The predicted molar refractivity (Wildman–Crippen MR) is 124 cm³/mol. The van der Waals surface area contributed by atoms with E-state index in [1.165, 1.54) is 12.1 Å². The first-order valence-electron chi connectivity index (χ1n) is 10.7. The Morgan fingerprint density at radius 1 is 0.970 bits per heavy atom. The number of benzene rings is 2. The minimum Gasteiger partial charge on any atom is -0.368 e. The highest BCUT2D eigenvalue weighted by Crippen LogP contribution is 2.22. The van der Waals surface area contributed by atoms with Crippen LogP contribution in [0, 0.1) is 17.0 Å². The number of fused-ring (bicyclic) bond motifs is 1. The van der Waals surface area contributed by atoms with E-state index in [1.54, 1.807) is 27.6 Å². The first-order valence-corrected chi connectivity index (χ1v) is 10.7. The quantitative estimate of drug-likeness (QED) is 0.354. The van der Waals surface area contributed by atoms with E-state index in [-0.39, 0.29) is 11.6 Å². The highest BCUT2D eigenvalue weighted by Gasteiger charge is 2.24. The van der Waals surface area contributed by atoms with Gasteiger partial charge in [-0.1, -0.05) is 30.3 Å². The fourth-order valence-corrected chi connectivity index (χ4v) is 4.10. The van der Waals surface area contributed by atoms with Gasteiger partial charge in [0.05, 0.1) is 10.6 Å². The predicted octanol–water partition coefficient (Wildman–Crippen LogP) is 3.58. The molecule has 1 amide bonds. The molecule has 2 aromatic heterocycles.